The molecule has 0 saturated carbocycles. The van der Waals surface area contributed by atoms with Crippen molar-refractivity contribution in [3.63, 3.8) is 0 Å². The van der Waals surface area contributed by atoms with E-state index in [4.69, 9.17) is 24.5 Å². The van der Waals surface area contributed by atoms with Gasteiger partial charge in [-0.2, -0.15) is 5.26 Å². The molecule has 1 aliphatic heterocycles. The molecule has 0 N–H and O–H groups in total. The molecule has 48 heavy (non-hydrogen) atoms. The van der Waals surface area contributed by atoms with Gasteiger partial charge in [0.25, 0.3) is 5.56 Å². The fraction of sp³-hybridized carbons (Fsp3) is 0.158. The Bertz CT molecular complexity index is 2220. The summed E-state index contributed by atoms with van der Waals surface area (Å²) in [5.41, 5.74) is 4.26. The van der Waals surface area contributed by atoms with E-state index < -0.39 is 12.0 Å². The van der Waals surface area contributed by atoms with Gasteiger partial charge in [0, 0.05) is 5.56 Å². The van der Waals surface area contributed by atoms with Crippen molar-refractivity contribution in [3.05, 3.63) is 155 Å². The van der Waals surface area contributed by atoms with Gasteiger partial charge < -0.3 is 14.2 Å². The maximum absolute atomic E-state index is 14.2. The summed E-state index contributed by atoms with van der Waals surface area (Å²) in [6.45, 7) is 4.69. The predicted molar refractivity (Wildman–Crippen MR) is 188 cm³/mol. The van der Waals surface area contributed by atoms with Crippen molar-refractivity contribution in [2.45, 2.75) is 26.5 Å². The van der Waals surface area contributed by atoms with Crippen LogP contribution < -0.4 is 24.4 Å². The van der Waals surface area contributed by atoms with Gasteiger partial charge in [-0.25, -0.2) is 9.79 Å². The molecule has 0 amide bonds. The quantitative estimate of drug-likeness (QED) is 0.152. The van der Waals surface area contributed by atoms with E-state index in [0.29, 0.717) is 45.3 Å². The molecule has 0 aliphatic carbocycles. The smallest absolute Gasteiger partial charge is 0.338 e. The van der Waals surface area contributed by atoms with E-state index >= 15 is 0 Å². The molecule has 240 valence electrons. The second-order valence-corrected chi connectivity index (χ2v) is 12.6. The number of benzene rings is 4. The molecule has 0 saturated heterocycles. The number of carbonyl (C=O) groups excluding carboxylic acids is 1. The molecular formula is C38H30BrN3O5S. The summed E-state index contributed by atoms with van der Waals surface area (Å²) in [4.78, 5) is 33.3. The van der Waals surface area contributed by atoms with Gasteiger partial charge in [-0.15, -0.1) is 0 Å². The van der Waals surface area contributed by atoms with Crippen molar-refractivity contribution in [1.82, 2.24) is 4.57 Å². The van der Waals surface area contributed by atoms with Gasteiger partial charge in [0.1, 0.15) is 18.1 Å². The number of thiazole rings is 1. The maximum atomic E-state index is 14.2. The number of hydrogen-bond donors (Lipinski definition) is 0. The van der Waals surface area contributed by atoms with Crippen LogP contribution in [0.2, 0.25) is 0 Å². The predicted octanol–water partition coefficient (Wildman–Crippen LogP) is 6.55. The summed E-state index contributed by atoms with van der Waals surface area (Å²) in [6.07, 6.45) is 1.81. The first-order valence-corrected chi connectivity index (χ1v) is 16.9. The summed E-state index contributed by atoms with van der Waals surface area (Å²) in [6, 6.07) is 31.0. The Morgan fingerprint density at radius 3 is 2.40 bits per heavy atom. The zero-order chi connectivity index (χ0) is 33.6. The molecular weight excluding hydrogens is 690 g/mol. The third kappa shape index (κ3) is 6.88. The van der Waals surface area contributed by atoms with E-state index in [2.05, 4.69) is 22.0 Å². The van der Waals surface area contributed by atoms with E-state index in [0.717, 1.165) is 26.7 Å². The first kappa shape index (κ1) is 32.7. The molecule has 0 bridgehead atoms. The van der Waals surface area contributed by atoms with E-state index in [1.165, 1.54) is 11.3 Å². The minimum atomic E-state index is -0.780. The monoisotopic (exact) mass is 719 g/mol. The molecule has 0 spiro atoms. The highest BCUT2D eigenvalue weighted by Gasteiger charge is 2.35. The summed E-state index contributed by atoms with van der Waals surface area (Å²) in [5.74, 6) is 0.794. The molecule has 0 radical (unpaired) electrons. The first-order valence-electron chi connectivity index (χ1n) is 15.3. The van der Waals surface area contributed by atoms with Crippen molar-refractivity contribution in [2.24, 2.45) is 4.99 Å². The number of halogens is 1. The lowest BCUT2D eigenvalue weighted by Crippen LogP contribution is -2.40. The minimum Gasteiger partial charge on any atom is -0.494 e. The van der Waals surface area contributed by atoms with Crippen LogP contribution in [0.1, 0.15) is 47.7 Å². The minimum absolute atomic E-state index is 0.173. The molecule has 6 rings (SSSR count). The lowest BCUT2D eigenvalue weighted by molar-refractivity contribution is -0.138. The number of nitrogens with zero attached hydrogens (tertiary/aromatic N) is 3. The Kier molecular flexibility index (Phi) is 9.99. The maximum Gasteiger partial charge on any atom is 0.338 e. The number of hydrogen-bond acceptors (Lipinski definition) is 8. The number of fused-ring (bicyclic) bond motifs is 1. The van der Waals surface area contributed by atoms with Crippen molar-refractivity contribution in [1.29, 1.82) is 5.26 Å². The molecule has 1 atom stereocenters. The molecule has 5 aromatic rings. The number of carbonyl (C=O) groups is 1. The van der Waals surface area contributed by atoms with Gasteiger partial charge >= 0.3 is 5.97 Å². The van der Waals surface area contributed by atoms with Crippen LogP contribution in [-0.4, -0.2) is 23.8 Å². The van der Waals surface area contributed by atoms with Crippen LogP contribution in [0.25, 0.3) is 11.8 Å². The molecule has 0 fully saturated rings. The van der Waals surface area contributed by atoms with Gasteiger partial charge in [0.15, 0.2) is 4.80 Å². The van der Waals surface area contributed by atoms with E-state index in [1.54, 1.807) is 23.6 Å². The topological polar surface area (TPSA) is 103 Å². The van der Waals surface area contributed by atoms with Gasteiger partial charge in [-0.05, 0) is 88.9 Å². The fourth-order valence-corrected chi connectivity index (χ4v) is 6.89. The second kappa shape index (κ2) is 14.7. The number of nitriles is 1. The lowest BCUT2D eigenvalue weighted by Gasteiger charge is -2.26. The average molecular weight is 721 g/mol. The van der Waals surface area contributed by atoms with Crippen molar-refractivity contribution in [2.75, 3.05) is 13.2 Å². The molecule has 10 heteroatoms. The third-order valence-corrected chi connectivity index (χ3v) is 9.21. The first-order chi connectivity index (χ1) is 23.4. The molecule has 1 aliphatic rings. The van der Waals surface area contributed by atoms with Crippen molar-refractivity contribution in [3.8, 4) is 17.6 Å². The highest BCUT2D eigenvalue weighted by Crippen LogP contribution is 2.36. The summed E-state index contributed by atoms with van der Waals surface area (Å²) >= 11 is 4.87. The number of rotatable bonds is 10. The summed E-state index contributed by atoms with van der Waals surface area (Å²) in [7, 11) is 0. The van der Waals surface area contributed by atoms with Crippen molar-refractivity contribution >= 4 is 45.0 Å². The van der Waals surface area contributed by atoms with Gasteiger partial charge in [-0.3, -0.25) is 9.36 Å². The van der Waals surface area contributed by atoms with Crippen LogP contribution in [-0.2, 0) is 16.1 Å². The summed E-state index contributed by atoms with van der Waals surface area (Å²) in [5, 5.41) is 9.03. The Morgan fingerprint density at radius 2 is 1.73 bits per heavy atom. The van der Waals surface area contributed by atoms with E-state index in [9.17, 15) is 9.59 Å². The Hall–Kier alpha value is -5.24. The average Bonchev–Trinajstić information content (AvgIpc) is 3.42. The normalized spacial score (nSPS) is 14.1. The van der Waals surface area contributed by atoms with Crippen LogP contribution in [0, 0.1) is 11.3 Å². The number of aromatic nitrogens is 1. The SMILES string of the molecule is CCOC(=O)C1=C(c2ccccc2)N=c2s/c(=C\c3ccc(OCc4ccc(C#N)cc4)c(Br)c3)c(=O)n2[C@H]1c1ccc(OCC)cc1. The molecule has 0 unspecified atom stereocenters. The van der Waals surface area contributed by atoms with Crippen molar-refractivity contribution < 1.29 is 19.0 Å². The largest absolute Gasteiger partial charge is 0.494 e. The summed E-state index contributed by atoms with van der Waals surface area (Å²) < 4.78 is 20.0. The Balaban J connectivity index is 1.43. The molecule has 1 aromatic heterocycles. The number of esters is 1. The van der Waals surface area contributed by atoms with Gasteiger partial charge in [0.05, 0.1) is 51.2 Å². The van der Waals surface area contributed by atoms with Crippen LogP contribution in [0.5, 0.6) is 11.5 Å². The second-order valence-electron chi connectivity index (χ2n) is 10.7. The Labute approximate surface area is 289 Å². The van der Waals surface area contributed by atoms with Crippen LogP contribution in [0.4, 0.5) is 0 Å². The lowest BCUT2D eigenvalue weighted by atomic mass is 9.93. The standard InChI is InChI=1S/C38H30BrN3O5S/c1-3-45-29-17-15-28(16-18-29)35-33(37(44)46-4-2)34(27-8-6-5-7-9-27)41-38-42(35)36(43)32(48-38)21-26-14-19-31(30(39)20-26)47-23-25-12-10-24(22-40)11-13-25/h5-21,35H,3-4,23H2,1-2H3/b32-21-/t35-/m0/s1. The highest BCUT2D eigenvalue weighted by atomic mass is 79.9. The zero-order valence-electron chi connectivity index (χ0n) is 26.2. The van der Waals surface area contributed by atoms with Gasteiger partial charge in [0.2, 0.25) is 0 Å². The van der Waals surface area contributed by atoms with Crippen LogP contribution in [0.3, 0.4) is 0 Å². The molecule has 2 heterocycles. The van der Waals surface area contributed by atoms with E-state index in [1.807, 2.05) is 97.9 Å². The van der Waals surface area contributed by atoms with E-state index in [-0.39, 0.29) is 17.7 Å². The molecule has 4 aromatic carbocycles. The number of ether oxygens (including phenoxy) is 3. The van der Waals surface area contributed by atoms with Crippen LogP contribution >= 0.6 is 27.3 Å². The van der Waals surface area contributed by atoms with Gasteiger partial charge in [-0.1, -0.05) is 72.0 Å². The zero-order valence-corrected chi connectivity index (χ0v) is 28.6. The fourth-order valence-electron chi connectivity index (χ4n) is 5.38. The third-order valence-electron chi connectivity index (χ3n) is 7.61. The Morgan fingerprint density at radius 1 is 0.979 bits per heavy atom. The van der Waals surface area contributed by atoms with Crippen LogP contribution in [0.15, 0.2) is 117 Å². The highest BCUT2D eigenvalue weighted by molar-refractivity contribution is 9.10. The molecule has 8 nitrogen and oxygen atoms in total.